The second-order valence-corrected chi connectivity index (χ2v) is 4.93. The summed E-state index contributed by atoms with van der Waals surface area (Å²) in [5.74, 6) is 2.13. The van der Waals surface area contributed by atoms with Crippen LogP contribution < -0.4 is 10.5 Å². The molecule has 1 aromatic carbocycles. The van der Waals surface area contributed by atoms with Gasteiger partial charge >= 0.3 is 0 Å². The SMILES string of the molecule is COc1ccc(CCS(=O)CCN)cc1. The largest absolute Gasteiger partial charge is 0.497 e. The zero-order chi connectivity index (χ0) is 11.1. The van der Waals surface area contributed by atoms with Gasteiger partial charge in [0.2, 0.25) is 0 Å². The van der Waals surface area contributed by atoms with Gasteiger partial charge in [0.15, 0.2) is 0 Å². The van der Waals surface area contributed by atoms with Gasteiger partial charge in [0, 0.05) is 28.9 Å². The van der Waals surface area contributed by atoms with E-state index in [9.17, 15) is 4.21 Å². The third kappa shape index (κ3) is 4.44. The Morgan fingerprint density at radius 2 is 1.93 bits per heavy atom. The molecule has 0 aliphatic heterocycles. The lowest BCUT2D eigenvalue weighted by Gasteiger charge is -2.03. The summed E-state index contributed by atoms with van der Waals surface area (Å²) in [6.07, 6.45) is 0.830. The highest BCUT2D eigenvalue weighted by Crippen LogP contribution is 2.11. The van der Waals surface area contributed by atoms with Crippen molar-refractivity contribution in [2.24, 2.45) is 5.73 Å². The van der Waals surface area contributed by atoms with E-state index in [1.54, 1.807) is 7.11 Å². The summed E-state index contributed by atoms with van der Waals surface area (Å²) in [5.41, 5.74) is 6.51. The zero-order valence-electron chi connectivity index (χ0n) is 8.94. The fourth-order valence-corrected chi connectivity index (χ4v) is 2.19. The van der Waals surface area contributed by atoms with E-state index in [2.05, 4.69) is 0 Å². The number of rotatable bonds is 6. The molecular weight excluding hydrogens is 210 g/mol. The van der Waals surface area contributed by atoms with E-state index in [1.165, 1.54) is 5.56 Å². The molecule has 1 aromatic rings. The first-order chi connectivity index (χ1) is 7.26. The summed E-state index contributed by atoms with van der Waals surface area (Å²) in [5, 5.41) is 0. The zero-order valence-corrected chi connectivity index (χ0v) is 9.76. The third-order valence-electron chi connectivity index (χ3n) is 2.12. The average Bonchev–Trinajstić information content (AvgIpc) is 2.27. The Morgan fingerprint density at radius 3 is 2.47 bits per heavy atom. The van der Waals surface area contributed by atoms with Gasteiger partial charge in [0.1, 0.15) is 5.75 Å². The molecule has 0 radical (unpaired) electrons. The standard InChI is InChI=1S/C11H17NO2S/c1-14-11-4-2-10(3-5-11)6-8-15(13)9-7-12/h2-5H,6-9,12H2,1H3. The molecule has 2 N–H and O–H groups in total. The summed E-state index contributed by atoms with van der Waals surface area (Å²) in [6, 6.07) is 7.83. The Labute approximate surface area is 93.1 Å². The van der Waals surface area contributed by atoms with Crippen LogP contribution in [0.25, 0.3) is 0 Å². The highest BCUT2D eigenvalue weighted by molar-refractivity contribution is 7.85. The first-order valence-corrected chi connectivity index (χ1v) is 6.43. The van der Waals surface area contributed by atoms with Crippen molar-refractivity contribution in [3.8, 4) is 5.75 Å². The van der Waals surface area contributed by atoms with Crippen molar-refractivity contribution in [1.82, 2.24) is 0 Å². The summed E-state index contributed by atoms with van der Waals surface area (Å²) < 4.78 is 16.4. The van der Waals surface area contributed by atoms with E-state index < -0.39 is 10.8 Å². The maximum atomic E-state index is 11.3. The van der Waals surface area contributed by atoms with Crippen LogP contribution in [-0.4, -0.2) is 29.4 Å². The van der Waals surface area contributed by atoms with Crippen LogP contribution in [0, 0.1) is 0 Å². The maximum absolute atomic E-state index is 11.3. The quantitative estimate of drug-likeness (QED) is 0.787. The van der Waals surface area contributed by atoms with Crippen molar-refractivity contribution < 1.29 is 8.95 Å². The molecule has 15 heavy (non-hydrogen) atoms. The predicted octanol–water partition coefficient (Wildman–Crippen LogP) is 0.945. The molecule has 0 amide bonds. The normalized spacial score (nSPS) is 12.4. The van der Waals surface area contributed by atoms with E-state index in [4.69, 9.17) is 10.5 Å². The fourth-order valence-electron chi connectivity index (χ4n) is 1.26. The Kier molecular flexibility index (Phi) is 5.36. The number of aryl methyl sites for hydroxylation is 1. The molecule has 0 aliphatic carbocycles. The first kappa shape index (κ1) is 12.2. The van der Waals surface area contributed by atoms with Gasteiger partial charge < -0.3 is 10.5 Å². The number of methoxy groups -OCH3 is 1. The Bertz CT molecular complexity index is 311. The number of ether oxygens (including phenoxy) is 1. The lowest BCUT2D eigenvalue weighted by Crippen LogP contribution is -2.13. The van der Waals surface area contributed by atoms with Crippen molar-refractivity contribution in [3.63, 3.8) is 0 Å². The van der Waals surface area contributed by atoms with Crippen LogP contribution in [0.2, 0.25) is 0 Å². The van der Waals surface area contributed by atoms with Gasteiger partial charge in [-0.2, -0.15) is 0 Å². The van der Waals surface area contributed by atoms with Crippen LogP contribution in [0.4, 0.5) is 0 Å². The molecule has 0 bridgehead atoms. The molecule has 0 aromatic heterocycles. The smallest absolute Gasteiger partial charge is 0.118 e. The van der Waals surface area contributed by atoms with E-state index in [0.29, 0.717) is 18.1 Å². The second-order valence-electron chi connectivity index (χ2n) is 3.23. The van der Waals surface area contributed by atoms with Crippen LogP contribution >= 0.6 is 0 Å². The minimum atomic E-state index is -0.784. The molecule has 0 spiro atoms. The minimum absolute atomic E-state index is 0.495. The average molecular weight is 227 g/mol. The Balaban J connectivity index is 2.40. The lowest BCUT2D eigenvalue weighted by atomic mass is 10.2. The summed E-state index contributed by atoms with van der Waals surface area (Å²) >= 11 is 0. The van der Waals surface area contributed by atoms with Crippen LogP contribution in [-0.2, 0) is 17.2 Å². The molecule has 0 heterocycles. The molecular formula is C11H17NO2S. The van der Waals surface area contributed by atoms with Gasteiger partial charge in [-0.05, 0) is 24.1 Å². The number of hydrogen-bond donors (Lipinski definition) is 1. The third-order valence-corrected chi connectivity index (χ3v) is 3.47. The summed E-state index contributed by atoms with van der Waals surface area (Å²) in [7, 11) is 0.860. The monoisotopic (exact) mass is 227 g/mol. The highest BCUT2D eigenvalue weighted by atomic mass is 32.2. The lowest BCUT2D eigenvalue weighted by molar-refractivity contribution is 0.414. The van der Waals surface area contributed by atoms with E-state index in [-0.39, 0.29) is 0 Å². The fraction of sp³-hybridized carbons (Fsp3) is 0.455. The second kappa shape index (κ2) is 6.58. The molecule has 1 rings (SSSR count). The minimum Gasteiger partial charge on any atom is -0.497 e. The number of hydrogen-bond acceptors (Lipinski definition) is 3. The van der Waals surface area contributed by atoms with Gasteiger partial charge in [-0.1, -0.05) is 12.1 Å². The highest BCUT2D eigenvalue weighted by Gasteiger charge is 2.00. The molecule has 0 saturated heterocycles. The van der Waals surface area contributed by atoms with Crippen molar-refractivity contribution in [3.05, 3.63) is 29.8 Å². The van der Waals surface area contributed by atoms with E-state index >= 15 is 0 Å². The Hall–Kier alpha value is -0.870. The molecule has 4 heteroatoms. The van der Waals surface area contributed by atoms with E-state index in [1.807, 2.05) is 24.3 Å². The molecule has 0 aliphatic rings. The van der Waals surface area contributed by atoms with Gasteiger partial charge in [-0.3, -0.25) is 4.21 Å². The first-order valence-electron chi connectivity index (χ1n) is 4.94. The molecule has 1 unspecified atom stereocenters. The molecule has 3 nitrogen and oxygen atoms in total. The van der Waals surface area contributed by atoms with E-state index in [0.717, 1.165) is 12.2 Å². The van der Waals surface area contributed by atoms with Crippen LogP contribution in [0.5, 0.6) is 5.75 Å². The molecule has 84 valence electrons. The van der Waals surface area contributed by atoms with Gasteiger partial charge in [-0.25, -0.2) is 0 Å². The van der Waals surface area contributed by atoms with Gasteiger partial charge in [0.25, 0.3) is 0 Å². The van der Waals surface area contributed by atoms with Gasteiger partial charge in [0.05, 0.1) is 7.11 Å². The van der Waals surface area contributed by atoms with Crippen LogP contribution in [0.15, 0.2) is 24.3 Å². The van der Waals surface area contributed by atoms with Crippen LogP contribution in [0.1, 0.15) is 5.56 Å². The van der Waals surface area contributed by atoms with Gasteiger partial charge in [-0.15, -0.1) is 0 Å². The van der Waals surface area contributed by atoms with Crippen LogP contribution in [0.3, 0.4) is 0 Å². The van der Waals surface area contributed by atoms with Crippen molar-refractivity contribution in [1.29, 1.82) is 0 Å². The summed E-state index contributed by atoms with van der Waals surface area (Å²) in [6.45, 7) is 0.495. The topological polar surface area (TPSA) is 52.3 Å². The molecule has 1 atom stereocenters. The maximum Gasteiger partial charge on any atom is 0.118 e. The molecule has 0 saturated carbocycles. The predicted molar refractivity (Wildman–Crippen MR) is 63.6 cm³/mol. The Morgan fingerprint density at radius 1 is 1.27 bits per heavy atom. The van der Waals surface area contributed by atoms with Crippen molar-refractivity contribution in [2.45, 2.75) is 6.42 Å². The molecule has 0 fully saturated rings. The summed E-state index contributed by atoms with van der Waals surface area (Å²) in [4.78, 5) is 0. The van der Waals surface area contributed by atoms with Crippen molar-refractivity contribution >= 4 is 10.8 Å². The van der Waals surface area contributed by atoms with Crippen molar-refractivity contribution in [2.75, 3.05) is 25.2 Å². The number of benzene rings is 1. The number of nitrogens with two attached hydrogens (primary N) is 1.